The summed E-state index contributed by atoms with van der Waals surface area (Å²) in [5.41, 5.74) is -0.715. The fourth-order valence-electron chi connectivity index (χ4n) is 2.66. The number of nitrogens with one attached hydrogen (secondary N) is 3. The molecule has 2 amide bonds. The van der Waals surface area contributed by atoms with E-state index in [2.05, 4.69) is 16.0 Å². The summed E-state index contributed by atoms with van der Waals surface area (Å²) < 4.78 is 4.92. The molecule has 0 atom stereocenters. The Morgan fingerprint density at radius 1 is 1.14 bits per heavy atom. The molecular weight excluding hydrogens is 306 g/mol. The van der Waals surface area contributed by atoms with Gasteiger partial charge in [0.2, 0.25) is 11.8 Å². The third-order valence-corrected chi connectivity index (χ3v) is 3.82. The molecule has 0 bridgehead atoms. The second-order valence-corrected chi connectivity index (χ2v) is 5.62. The molecule has 1 saturated carbocycles. The van der Waals surface area contributed by atoms with Gasteiger partial charge in [-0.1, -0.05) is 26.2 Å². The Hall–Kier alpha value is -0.850. The first kappa shape index (κ1) is 21.1. The van der Waals surface area contributed by atoms with E-state index in [-0.39, 0.29) is 30.8 Å². The van der Waals surface area contributed by atoms with Crippen LogP contribution in [-0.2, 0) is 14.3 Å². The number of carbonyl (C=O) groups excluding carboxylic acids is 2. The molecule has 0 saturated heterocycles. The average molecular weight is 336 g/mol. The van der Waals surface area contributed by atoms with Crippen LogP contribution in [0.3, 0.4) is 0 Å². The topological polar surface area (TPSA) is 79.5 Å². The van der Waals surface area contributed by atoms with E-state index in [1.54, 1.807) is 7.11 Å². The van der Waals surface area contributed by atoms with E-state index in [0.717, 1.165) is 38.5 Å². The summed E-state index contributed by atoms with van der Waals surface area (Å²) in [5, 5.41) is 8.90. The second kappa shape index (κ2) is 11.7. The molecule has 22 heavy (non-hydrogen) atoms. The highest BCUT2D eigenvalue weighted by molar-refractivity contribution is 5.92. The minimum atomic E-state index is -0.715. The van der Waals surface area contributed by atoms with Crippen molar-refractivity contribution in [1.82, 2.24) is 16.0 Å². The van der Waals surface area contributed by atoms with Gasteiger partial charge in [0.1, 0.15) is 5.54 Å². The molecule has 7 heteroatoms. The van der Waals surface area contributed by atoms with Gasteiger partial charge in [-0.05, 0) is 19.3 Å². The van der Waals surface area contributed by atoms with Crippen molar-refractivity contribution in [3.8, 4) is 0 Å². The van der Waals surface area contributed by atoms with E-state index in [4.69, 9.17) is 4.74 Å². The van der Waals surface area contributed by atoms with Crippen LogP contribution in [0.4, 0.5) is 0 Å². The van der Waals surface area contributed by atoms with Crippen molar-refractivity contribution in [3.05, 3.63) is 0 Å². The molecular formula is C15H30ClN3O3. The predicted octanol–water partition coefficient (Wildman–Crippen LogP) is 0.989. The van der Waals surface area contributed by atoms with Gasteiger partial charge in [-0.2, -0.15) is 0 Å². The van der Waals surface area contributed by atoms with Gasteiger partial charge < -0.3 is 20.7 Å². The van der Waals surface area contributed by atoms with Crippen LogP contribution in [0.15, 0.2) is 0 Å². The number of hydrogen-bond donors (Lipinski definition) is 3. The van der Waals surface area contributed by atoms with Crippen molar-refractivity contribution in [2.24, 2.45) is 0 Å². The van der Waals surface area contributed by atoms with Crippen LogP contribution in [0.25, 0.3) is 0 Å². The molecule has 1 aliphatic carbocycles. The van der Waals surface area contributed by atoms with Crippen molar-refractivity contribution in [2.75, 3.05) is 33.4 Å². The largest absolute Gasteiger partial charge is 0.383 e. The van der Waals surface area contributed by atoms with Gasteiger partial charge in [-0.3, -0.25) is 9.59 Å². The smallest absolute Gasteiger partial charge is 0.245 e. The molecule has 0 aromatic carbocycles. The lowest BCUT2D eigenvalue weighted by atomic mass is 9.80. The highest BCUT2D eigenvalue weighted by Gasteiger charge is 2.40. The average Bonchev–Trinajstić information content (AvgIpc) is 2.50. The minimum Gasteiger partial charge on any atom is -0.383 e. The zero-order valence-corrected chi connectivity index (χ0v) is 14.5. The summed E-state index contributed by atoms with van der Waals surface area (Å²) in [4.78, 5) is 24.5. The van der Waals surface area contributed by atoms with Crippen LogP contribution in [0.2, 0.25) is 0 Å². The van der Waals surface area contributed by atoms with Crippen LogP contribution in [-0.4, -0.2) is 50.7 Å². The summed E-state index contributed by atoms with van der Waals surface area (Å²) >= 11 is 0. The lowest BCUT2D eigenvalue weighted by Crippen LogP contribution is -2.61. The van der Waals surface area contributed by atoms with Gasteiger partial charge in [-0.25, -0.2) is 0 Å². The highest BCUT2D eigenvalue weighted by Crippen LogP contribution is 2.28. The molecule has 0 aromatic rings. The second-order valence-electron chi connectivity index (χ2n) is 5.62. The number of carbonyl (C=O) groups is 2. The number of rotatable bonds is 9. The molecule has 0 aromatic heterocycles. The van der Waals surface area contributed by atoms with Crippen LogP contribution in [0, 0.1) is 0 Å². The fourth-order valence-corrected chi connectivity index (χ4v) is 2.66. The Balaban J connectivity index is 0.00000441. The van der Waals surface area contributed by atoms with Gasteiger partial charge >= 0.3 is 0 Å². The first-order valence-electron chi connectivity index (χ1n) is 7.93. The Labute approximate surface area is 139 Å². The summed E-state index contributed by atoms with van der Waals surface area (Å²) in [5.74, 6) is -0.158. The molecule has 0 heterocycles. The third-order valence-electron chi connectivity index (χ3n) is 3.82. The van der Waals surface area contributed by atoms with Gasteiger partial charge in [0.05, 0.1) is 13.2 Å². The quantitative estimate of drug-likeness (QED) is 0.549. The summed E-state index contributed by atoms with van der Waals surface area (Å²) in [6.45, 7) is 4.08. The standard InChI is InChI=1S/C15H29N3O3.ClH/c1-3-9-17-14(20)15(7-5-4-6-8-15)18-13(19)12-16-10-11-21-2;/h16H,3-12H2,1-2H3,(H,17,20)(H,18,19);1H. The number of ether oxygens (including phenoxy) is 1. The predicted molar refractivity (Wildman–Crippen MR) is 89.3 cm³/mol. The van der Waals surface area contributed by atoms with Gasteiger partial charge in [-0.15, -0.1) is 12.4 Å². The number of methoxy groups -OCH3 is 1. The summed E-state index contributed by atoms with van der Waals surface area (Å²) in [7, 11) is 1.62. The van der Waals surface area contributed by atoms with E-state index >= 15 is 0 Å². The first-order chi connectivity index (χ1) is 10.1. The number of amides is 2. The molecule has 130 valence electrons. The molecule has 1 rings (SSSR count). The Morgan fingerprint density at radius 3 is 2.41 bits per heavy atom. The minimum absolute atomic E-state index is 0. The third kappa shape index (κ3) is 6.94. The molecule has 1 aliphatic rings. The molecule has 0 aliphatic heterocycles. The molecule has 3 N–H and O–H groups in total. The summed E-state index contributed by atoms with van der Waals surface area (Å²) in [6.07, 6.45) is 5.45. The number of hydrogen-bond acceptors (Lipinski definition) is 4. The van der Waals surface area contributed by atoms with Gasteiger partial charge in [0, 0.05) is 20.2 Å². The Morgan fingerprint density at radius 2 is 1.82 bits per heavy atom. The van der Waals surface area contributed by atoms with E-state index in [9.17, 15) is 9.59 Å². The molecule has 0 radical (unpaired) electrons. The van der Waals surface area contributed by atoms with Crippen LogP contribution >= 0.6 is 12.4 Å². The maximum atomic E-state index is 12.4. The maximum Gasteiger partial charge on any atom is 0.245 e. The molecule has 0 unspecified atom stereocenters. The van der Waals surface area contributed by atoms with Gasteiger partial charge in [0.15, 0.2) is 0 Å². The van der Waals surface area contributed by atoms with Gasteiger partial charge in [0.25, 0.3) is 0 Å². The lowest BCUT2D eigenvalue weighted by Gasteiger charge is -2.36. The molecule has 0 spiro atoms. The number of halogens is 1. The van der Waals surface area contributed by atoms with E-state index in [0.29, 0.717) is 19.7 Å². The van der Waals surface area contributed by atoms with Crippen LogP contribution < -0.4 is 16.0 Å². The summed E-state index contributed by atoms with van der Waals surface area (Å²) in [6, 6.07) is 0. The van der Waals surface area contributed by atoms with Crippen molar-refractivity contribution in [1.29, 1.82) is 0 Å². The molecule has 6 nitrogen and oxygen atoms in total. The normalized spacial score (nSPS) is 16.5. The zero-order chi connectivity index (χ0) is 15.6. The highest BCUT2D eigenvalue weighted by atomic mass is 35.5. The zero-order valence-electron chi connectivity index (χ0n) is 13.7. The van der Waals surface area contributed by atoms with Crippen LogP contribution in [0.5, 0.6) is 0 Å². The molecule has 1 fully saturated rings. The van der Waals surface area contributed by atoms with Crippen LogP contribution in [0.1, 0.15) is 45.4 Å². The van der Waals surface area contributed by atoms with Crippen molar-refractivity contribution >= 4 is 24.2 Å². The van der Waals surface area contributed by atoms with Crippen molar-refractivity contribution in [3.63, 3.8) is 0 Å². The Bertz CT molecular complexity index is 334. The monoisotopic (exact) mass is 335 g/mol. The lowest BCUT2D eigenvalue weighted by molar-refractivity contribution is -0.134. The van der Waals surface area contributed by atoms with E-state index < -0.39 is 5.54 Å². The maximum absolute atomic E-state index is 12.4. The first-order valence-corrected chi connectivity index (χ1v) is 7.93. The Kier molecular flexibility index (Phi) is 11.2. The SMILES string of the molecule is CCCNC(=O)C1(NC(=O)CNCCOC)CCCCC1.Cl. The van der Waals surface area contributed by atoms with E-state index in [1.807, 2.05) is 6.92 Å². The fraction of sp³-hybridized carbons (Fsp3) is 0.867. The van der Waals surface area contributed by atoms with Crippen molar-refractivity contribution in [2.45, 2.75) is 51.0 Å². The van der Waals surface area contributed by atoms with Crippen molar-refractivity contribution < 1.29 is 14.3 Å². The van der Waals surface area contributed by atoms with E-state index in [1.165, 1.54) is 0 Å².